The highest BCUT2D eigenvalue weighted by molar-refractivity contribution is 9.10. The number of nitrogens with two attached hydrogens (primary N) is 1. The van der Waals surface area contributed by atoms with Crippen LogP contribution in [0, 0.1) is 0 Å². The summed E-state index contributed by atoms with van der Waals surface area (Å²) >= 11 is 3.48. The zero-order chi connectivity index (χ0) is 9.97. The number of ether oxygens (including phenoxy) is 1. The highest BCUT2D eigenvalue weighted by Gasteiger charge is 2.18. The summed E-state index contributed by atoms with van der Waals surface area (Å²) in [5.41, 5.74) is 7.15. The van der Waals surface area contributed by atoms with Gasteiger partial charge in [0.05, 0.1) is 12.6 Å². The smallest absolute Gasteiger partial charge is 0.113 e. The van der Waals surface area contributed by atoms with Gasteiger partial charge in [0, 0.05) is 10.9 Å². The molecule has 1 unspecified atom stereocenters. The van der Waals surface area contributed by atoms with Gasteiger partial charge in [0.15, 0.2) is 0 Å². The third kappa shape index (κ3) is 1.83. The number of hydrogen-bond donors (Lipinski definition) is 1. The molecule has 0 saturated heterocycles. The fourth-order valence-electron chi connectivity index (χ4n) is 1.53. The first-order valence-electron chi connectivity index (χ1n) is 4.62. The molecule has 1 aliphatic rings. The van der Waals surface area contributed by atoms with Crippen LogP contribution in [-0.4, -0.2) is 6.61 Å². The molecule has 2 rings (SSSR count). The summed E-state index contributed by atoms with van der Waals surface area (Å²) in [4.78, 5) is 0. The predicted octanol–water partition coefficient (Wildman–Crippen LogP) is 2.75. The molecule has 0 radical (unpaired) electrons. The molecule has 1 aliphatic heterocycles. The summed E-state index contributed by atoms with van der Waals surface area (Å²) in [6.45, 7) is 0.757. The highest BCUT2D eigenvalue weighted by Crippen LogP contribution is 2.29. The summed E-state index contributed by atoms with van der Waals surface area (Å²) in [6, 6.07) is 7.81. The van der Waals surface area contributed by atoms with Crippen LogP contribution in [0.1, 0.15) is 18.0 Å². The van der Waals surface area contributed by atoms with Crippen LogP contribution < -0.4 is 5.73 Å². The topological polar surface area (TPSA) is 35.2 Å². The van der Waals surface area contributed by atoms with Gasteiger partial charge in [-0.2, -0.15) is 0 Å². The molecule has 1 aromatic carbocycles. The maximum Gasteiger partial charge on any atom is 0.113 e. The molecular weight excluding hydrogens is 242 g/mol. The van der Waals surface area contributed by atoms with E-state index in [1.807, 2.05) is 24.3 Å². The van der Waals surface area contributed by atoms with E-state index in [0.29, 0.717) is 0 Å². The van der Waals surface area contributed by atoms with E-state index in [2.05, 4.69) is 22.0 Å². The Morgan fingerprint density at radius 3 is 2.79 bits per heavy atom. The molecule has 74 valence electrons. The van der Waals surface area contributed by atoms with Crippen molar-refractivity contribution in [2.24, 2.45) is 5.73 Å². The van der Waals surface area contributed by atoms with E-state index in [-0.39, 0.29) is 6.04 Å². The van der Waals surface area contributed by atoms with Crippen LogP contribution in [0.3, 0.4) is 0 Å². The molecule has 0 spiro atoms. The van der Waals surface area contributed by atoms with Gasteiger partial charge < -0.3 is 10.5 Å². The minimum Gasteiger partial charge on any atom is -0.496 e. The van der Waals surface area contributed by atoms with Gasteiger partial charge in [0.1, 0.15) is 5.76 Å². The first-order chi connectivity index (χ1) is 6.79. The van der Waals surface area contributed by atoms with Crippen molar-refractivity contribution in [3.05, 3.63) is 46.1 Å². The molecule has 2 N–H and O–H groups in total. The van der Waals surface area contributed by atoms with Crippen LogP contribution in [-0.2, 0) is 4.74 Å². The lowest BCUT2D eigenvalue weighted by Gasteiger charge is -2.14. The molecule has 1 atom stereocenters. The van der Waals surface area contributed by atoms with E-state index in [1.54, 1.807) is 0 Å². The van der Waals surface area contributed by atoms with Gasteiger partial charge in [-0.15, -0.1) is 0 Å². The number of benzene rings is 1. The standard InChI is InChI=1S/C11H12BrNO/c12-9-5-2-1-4-8(9)11(13)10-6-3-7-14-10/h1-2,4-6,11H,3,7,13H2. The summed E-state index contributed by atoms with van der Waals surface area (Å²) in [6.07, 6.45) is 3.03. The first-order valence-corrected chi connectivity index (χ1v) is 5.41. The fraction of sp³-hybridized carbons (Fsp3) is 0.273. The van der Waals surface area contributed by atoms with E-state index in [0.717, 1.165) is 28.8 Å². The van der Waals surface area contributed by atoms with Crippen molar-refractivity contribution < 1.29 is 4.74 Å². The summed E-state index contributed by atoms with van der Waals surface area (Å²) in [5.74, 6) is 0.886. The third-order valence-electron chi connectivity index (χ3n) is 2.28. The average molecular weight is 254 g/mol. The van der Waals surface area contributed by atoms with Gasteiger partial charge in [-0.25, -0.2) is 0 Å². The zero-order valence-electron chi connectivity index (χ0n) is 7.74. The number of hydrogen-bond acceptors (Lipinski definition) is 2. The lowest BCUT2D eigenvalue weighted by Crippen LogP contribution is -2.14. The molecule has 0 saturated carbocycles. The molecule has 14 heavy (non-hydrogen) atoms. The Morgan fingerprint density at radius 2 is 2.14 bits per heavy atom. The largest absolute Gasteiger partial charge is 0.496 e. The van der Waals surface area contributed by atoms with Crippen molar-refractivity contribution in [2.75, 3.05) is 6.61 Å². The van der Waals surface area contributed by atoms with E-state index in [4.69, 9.17) is 10.5 Å². The van der Waals surface area contributed by atoms with Gasteiger partial charge in [-0.3, -0.25) is 0 Å². The Morgan fingerprint density at radius 1 is 1.36 bits per heavy atom. The molecule has 1 aromatic rings. The first kappa shape index (κ1) is 9.74. The Labute approximate surface area is 91.9 Å². The molecular formula is C11H12BrNO. The van der Waals surface area contributed by atoms with E-state index < -0.39 is 0 Å². The quantitative estimate of drug-likeness (QED) is 0.880. The lowest BCUT2D eigenvalue weighted by molar-refractivity contribution is 0.225. The van der Waals surface area contributed by atoms with Crippen molar-refractivity contribution in [3.8, 4) is 0 Å². The van der Waals surface area contributed by atoms with Crippen molar-refractivity contribution in [3.63, 3.8) is 0 Å². The minimum atomic E-state index is -0.145. The predicted molar refractivity (Wildman–Crippen MR) is 59.7 cm³/mol. The number of halogens is 1. The second kappa shape index (κ2) is 4.15. The van der Waals surface area contributed by atoms with E-state index in [9.17, 15) is 0 Å². The van der Waals surface area contributed by atoms with Crippen molar-refractivity contribution in [1.82, 2.24) is 0 Å². The van der Waals surface area contributed by atoms with E-state index in [1.165, 1.54) is 0 Å². The Bertz CT molecular complexity index is 362. The third-order valence-corrected chi connectivity index (χ3v) is 3.00. The average Bonchev–Trinajstić information content (AvgIpc) is 2.70. The van der Waals surface area contributed by atoms with Gasteiger partial charge in [-0.05, 0) is 17.7 Å². The highest BCUT2D eigenvalue weighted by atomic mass is 79.9. The molecule has 2 nitrogen and oxygen atoms in total. The molecule has 0 aromatic heterocycles. The van der Waals surface area contributed by atoms with Crippen LogP contribution in [0.15, 0.2) is 40.6 Å². The van der Waals surface area contributed by atoms with Crippen LogP contribution in [0.5, 0.6) is 0 Å². The molecule has 1 heterocycles. The van der Waals surface area contributed by atoms with Crippen LogP contribution in [0.25, 0.3) is 0 Å². The van der Waals surface area contributed by atoms with Crippen molar-refractivity contribution >= 4 is 15.9 Å². The molecule has 0 aliphatic carbocycles. The summed E-state index contributed by atoms with van der Waals surface area (Å²) in [7, 11) is 0. The van der Waals surface area contributed by atoms with Crippen molar-refractivity contribution in [2.45, 2.75) is 12.5 Å². The number of rotatable bonds is 2. The second-order valence-corrected chi connectivity index (χ2v) is 4.10. The zero-order valence-corrected chi connectivity index (χ0v) is 9.33. The lowest BCUT2D eigenvalue weighted by atomic mass is 10.1. The van der Waals surface area contributed by atoms with Crippen molar-refractivity contribution in [1.29, 1.82) is 0 Å². The molecule has 3 heteroatoms. The molecule has 0 amide bonds. The van der Waals surface area contributed by atoms with Gasteiger partial charge in [0.25, 0.3) is 0 Å². The maximum atomic E-state index is 6.08. The van der Waals surface area contributed by atoms with Crippen LogP contribution in [0.2, 0.25) is 0 Å². The SMILES string of the molecule is NC(C1=CCCO1)c1ccccc1Br. The van der Waals surface area contributed by atoms with Crippen LogP contribution in [0.4, 0.5) is 0 Å². The second-order valence-electron chi connectivity index (χ2n) is 3.24. The Balaban J connectivity index is 2.26. The molecule has 0 bridgehead atoms. The molecule has 0 fully saturated rings. The summed E-state index contributed by atoms with van der Waals surface area (Å²) < 4.78 is 6.47. The normalized spacial score (nSPS) is 17.4. The minimum absolute atomic E-state index is 0.145. The van der Waals surface area contributed by atoms with Gasteiger partial charge >= 0.3 is 0 Å². The Kier molecular flexibility index (Phi) is 2.89. The van der Waals surface area contributed by atoms with E-state index >= 15 is 0 Å². The van der Waals surface area contributed by atoms with Crippen LogP contribution >= 0.6 is 15.9 Å². The Hall–Kier alpha value is -0.800. The van der Waals surface area contributed by atoms with Gasteiger partial charge in [-0.1, -0.05) is 34.1 Å². The monoisotopic (exact) mass is 253 g/mol. The fourth-order valence-corrected chi connectivity index (χ4v) is 2.07. The maximum absolute atomic E-state index is 6.08. The van der Waals surface area contributed by atoms with Gasteiger partial charge in [0.2, 0.25) is 0 Å². The summed E-state index contributed by atoms with van der Waals surface area (Å²) in [5, 5.41) is 0.